The van der Waals surface area contributed by atoms with Gasteiger partial charge >= 0.3 is 6.03 Å². The molecule has 1 aromatic carbocycles. The predicted molar refractivity (Wildman–Crippen MR) is 91.7 cm³/mol. The summed E-state index contributed by atoms with van der Waals surface area (Å²) in [6.07, 6.45) is 3.21. The van der Waals surface area contributed by atoms with Crippen LogP contribution in [0.2, 0.25) is 0 Å². The number of nitrogens with zero attached hydrogens (tertiary/aromatic N) is 1. The van der Waals surface area contributed by atoms with Crippen LogP contribution in [-0.2, 0) is 5.54 Å². The molecule has 0 spiro atoms. The molecule has 23 heavy (non-hydrogen) atoms. The highest BCUT2D eigenvalue weighted by molar-refractivity contribution is 5.77. The maximum Gasteiger partial charge on any atom is 0.318 e. The average Bonchev–Trinajstić information content (AvgIpc) is 2.46. The van der Waals surface area contributed by atoms with Crippen LogP contribution in [0, 0.1) is 11.2 Å². The molecule has 2 rings (SSSR count). The minimum Gasteiger partial charge on any atom is -0.328 e. The summed E-state index contributed by atoms with van der Waals surface area (Å²) in [6, 6.07) is 6.46. The van der Waals surface area contributed by atoms with E-state index < -0.39 is 5.54 Å². The van der Waals surface area contributed by atoms with Gasteiger partial charge in [-0.15, -0.1) is 6.58 Å². The van der Waals surface area contributed by atoms with Gasteiger partial charge in [-0.05, 0) is 42.9 Å². The highest BCUT2D eigenvalue weighted by Gasteiger charge is 2.41. The van der Waals surface area contributed by atoms with E-state index in [1.165, 1.54) is 12.1 Å². The number of nitrogens with one attached hydrogen (secondary N) is 1. The van der Waals surface area contributed by atoms with Crippen LogP contribution >= 0.6 is 0 Å². The number of halogens is 1. The van der Waals surface area contributed by atoms with E-state index in [0.717, 1.165) is 12.0 Å². The molecule has 1 N–H and O–H groups in total. The van der Waals surface area contributed by atoms with Gasteiger partial charge < -0.3 is 10.2 Å². The summed E-state index contributed by atoms with van der Waals surface area (Å²) in [4.78, 5) is 14.6. The number of benzene rings is 1. The first-order valence-electron chi connectivity index (χ1n) is 8.15. The third-order valence-corrected chi connectivity index (χ3v) is 5.00. The normalized spacial score (nSPS) is 23.3. The number of hydrogen-bond acceptors (Lipinski definition) is 1. The zero-order chi connectivity index (χ0) is 17.3. The predicted octanol–water partition coefficient (Wildman–Crippen LogP) is 4.45. The molecule has 4 heteroatoms. The lowest BCUT2D eigenvalue weighted by atomic mass is 9.80. The lowest BCUT2D eigenvalue weighted by Gasteiger charge is -2.47. The molecular weight excluding hydrogens is 291 g/mol. The van der Waals surface area contributed by atoms with Crippen LogP contribution in [0.5, 0.6) is 0 Å². The Morgan fingerprint density at radius 3 is 2.48 bits per heavy atom. The molecule has 1 aliphatic rings. The molecule has 0 aromatic heterocycles. The lowest BCUT2D eigenvalue weighted by Crippen LogP contribution is -2.61. The first kappa shape index (κ1) is 17.5. The van der Waals surface area contributed by atoms with Gasteiger partial charge in [-0.25, -0.2) is 9.18 Å². The topological polar surface area (TPSA) is 32.3 Å². The van der Waals surface area contributed by atoms with Gasteiger partial charge in [-0.1, -0.05) is 39.0 Å². The number of rotatable bonds is 4. The van der Waals surface area contributed by atoms with E-state index in [1.54, 1.807) is 12.1 Å². The molecule has 126 valence electrons. The van der Waals surface area contributed by atoms with Crippen molar-refractivity contribution < 1.29 is 9.18 Å². The molecule has 1 aliphatic heterocycles. The molecule has 1 heterocycles. The Kier molecular flexibility index (Phi) is 4.83. The summed E-state index contributed by atoms with van der Waals surface area (Å²) >= 11 is 0. The number of hydrogen-bond donors (Lipinski definition) is 1. The fourth-order valence-electron chi connectivity index (χ4n) is 3.09. The van der Waals surface area contributed by atoms with Crippen LogP contribution in [0.15, 0.2) is 36.9 Å². The van der Waals surface area contributed by atoms with Gasteiger partial charge in [-0.2, -0.15) is 0 Å². The van der Waals surface area contributed by atoms with Crippen LogP contribution in [0.4, 0.5) is 9.18 Å². The van der Waals surface area contributed by atoms with E-state index in [-0.39, 0.29) is 23.3 Å². The van der Waals surface area contributed by atoms with Crippen molar-refractivity contribution in [2.75, 3.05) is 6.54 Å². The van der Waals surface area contributed by atoms with Crippen molar-refractivity contribution >= 4 is 6.03 Å². The number of carbonyl (C=O) groups is 1. The Labute approximate surface area is 138 Å². The van der Waals surface area contributed by atoms with Crippen LogP contribution in [0.25, 0.3) is 0 Å². The van der Waals surface area contributed by atoms with Crippen molar-refractivity contribution in [3.63, 3.8) is 0 Å². The Balaban J connectivity index is 2.27. The first-order valence-corrected chi connectivity index (χ1v) is 8.15. The summed E-state index contributed by atoms with van der Waals surface area (Å²) in [5.41, 5.74) is 0.446. The van der Waals surface area contributed by atoms with E-state index >= 15 is 0 Å². The smallest absolute Gasteiger partial charge is 0.318 e. The summed E-state index contributed by atoms with van der Waals surface area (Å²) in [5, 5.41) is 3.16. The molecule has 2 amide bonds. The second-order valence-corrected chi connectivity index (χ2v) is 7.50. The molecule has 3 nitrogen and oxygen atoms in total. The molecule has 1 aromatic rings. The zero-order valence-corrected chi connectivity index (χ0v) is 14.5. The van der Waals surface area contributed by atoms with Crippen LogP contribution < -0.4 is 5.32 Å². The van der Waals surface area contributed by atoms with Crippen LogP contribution in [0.3, 0.4) is 0 Å². The van der Waals surface area contributed by atoms with E-state index in [9.17, 15) is 9.18 Å². The van der Waals surface area contributed by atoms with E-state index in [1.807, 2.05) is 11.0 Å². The van der Waals surface area contributed by atoms with Crippen molar-refractivity contribution in [2.24, 2.45) is 5.41 Å². The third kappa shape index (κ3) is 3.57. The van der Waals surface area contributed by atoms with Crippen molar-refractivity contribution in [2.45, 2.75) is 52.1 Å². The molecular formula is C19H27FN2O. The standard InChI is InChI=1S/C19H27FN2O/c1-6-11-19(15-7-9-16(20)10-8-15)12-13-22(17(23)21-19)14(2)18(3,4)5/h6-10,14H,1,11-13H2,2-5H3,(H,21,23)/t14-,19+/m0/s1. The minimum atomic E-state index is -0.499. The lowest BCUT2D eigenvalue weighted by molar-refractivity contribution is 0.0867. The molecule has 1 fully saturated rings. The molecule has 1 saturated heterocycles. The van der Waals surface area contributed by atoms with E-state index in [4.69, 9.17) is 0 Å². The highest BCUT2D eigenvalue weighted by atomic mass is 19.1. The Hall–Kier alpha value is -1.84. The van der Waals surface area contributed by atoms with Crippen LogP contribution in [-0.4, -0.2) is 23.5 Å². The van der Waals surface area contributed by atoms with Gasteiger partial charge in [0.2, 0.25) is 0 Å². The summed E-state index contributed by atoms with van der Waals surface area (Å²) in [6.45, 7) is 13.0. The van der Waals surface area contributed by atoms with Gasteiger partial charge in [0, 0.05) is 12.6 Å². The summed E-state index contributed by atoms with van der Waals surface area (Å²) in [7, 11) is 0. The molecule has 2 atom stereocenters. The highest BCUT2D eigenvalue weighted by Crippen LogP contribution is 2.35. The fourth-order valence-corrected chi connectivity index (χ4v) is 3.09. The van der Waals surface area contributed by atoms with Crippen molar-refractivity contribution in [3.8, 4) is 0 Å². The molecule has 0 unspecified atom stereocenters. The summed E-state index contributed by atoms with van der Waals surface area (Å²) in [5.74, 6) is -0.271. The second kappa shape index (κ2) is 6.34. The van der Waals surface area contributed by atoms with Gasteiger partial charge in [0.25, 0.3) is 0 Å². The maximum absolute atomic E-state index is 13.2. The fraction of sp³-hybridized carbons (Fsp3) is 0.526. The number of carbonyl (C=O) groups excluding carboxylic acids is 1. The molecule has 0 saturated carbocycles. The minimum absolute atomic E-state index is 0.0195. The van der Waals surface area contributed by atoms with E-state index in [0.29, 0.717) is 13.0 Å². The Bertz CT molecular complexity index is 576. The van der Waals surface area contributed by atoms with E-state index in [2.05, 4.69) is 39.6 Å². The molecule has 0 radical (unpaired) electrons. The maximum atomic E-state index is 13.2. The van der Waals surface area contributed by atoms with Gasteiger partial charge in [-0.3, -0.25) is 0 Å². The SMILES string of the molecule is C=CC[C@]1(c2ccc(F)cc2)CCN([C@@H](C)C(C)(C)C)C(=O)N1. The monoisotopic (exact) mass is 318 g/mol. The van der Waals surface area contributed by atoms with Gasteiger partial charge in [0.15, 0.2) is 0 Å². The largest absolute Gasteiger partial charge is 0.328 e. The number of urea groups is 1. The van der Waals surface area contributed by atoms with Gasteiger partial charge in [0.1, 0.15) is 5.82 Å². The first-order chi connectivity index (χ1) is 10.7. The zero-order valence-electron chi connectivity index (χ0n) is 14.5. The summed E-state index contributed by atoms with van der Waals surface area (Å²) < 4.78 is 13.2. The number of amides is 2. The second-order valence-electron chi connectivity index (χ2n) is 7.50. The molecule has 0 bridgehead atoms. The van der Waals surface area contributed by atoms with Crippen molar-refractivity contribution in [1.29, 1.82) is 0 Å². The third-order valence-electron chi connectivity index (χ3n) is 5.00. The Morgan fingerprint density at radius 2 is 2.00 bits per heavy atom. The van der Waals surface area contributed by atoms with Crippen LogP contribution in [0.1, 0.15) is 46.1 Å². The molecule has 0 aliphatic carbocycles. The average molecular weight is 318 g/mol. The Morgan fingerprint density at radius 1 is 1.39 bits per heavy atom. The van der Waals surface area contributed by atoms with Gasteiger partial charge in [0.05, 0.1) is 5.54 Å². The quantitative estimate of drug-likeness (QED) is 0.817. The van der Waals surface area contributed by atoms with Crippen molar-refractivity contribution in [3.05, 3.63) is 48.3 Å². The van der Waals surface area contributed by atoms with Crippen molar-refractivity contribution in [1.82, 2.24) is 10.2 Å².